The van der Waals surface area contributed by atoms with E-state index in [0.717, 1.165) is 12.2 Å². The fraction of sp³-hybridized carbons (Fsp3) is 0.286. The van der Waals surface area contributed by atoms with E-state index in [9.17, 15) is 9.18 Å². The average Bonchev–Trinajstić information content (AvgIpc) is 3.09. The fourth-order valence-corrected chi connectivity index (χ4v) is 3.46. The zero-order chi connectivity index (χ0) is 20.8. The molecule has 1 atom stereocenters. The van der Waals surface area contributed by atoms with Crippen LogP contribution in [0.5, 0.6) is 5.75 Å². The maximum absolute atomic E-state index is 13.6. The Hall–Kier alpha value is -2.87. The van der Waals surface area contributed by atoms with Crippen molar-refractivity contribution in [2.45, 2.75) is 31.5 Å². The lowest BCUT2D eigenvalue weighted by molar-refractivity contribution is -0.113. The zero-order valence-corrected chi connectivity index (χ0v) is 17.4. The van der Waals surface area contributed by atoms with Gasteiger partial charge < -0.3 is 14.6 Å². The molecule has 0 bridgehead atoms. The van der Waals surface area contributed by atoms with Gasteiger partial charge in [-0.1, -0.05) is 43.0 Å². The predicted octanol–water partition coefficient (Wildman–Crippen LogP) is 4.39. The lowest BCUT2D eigenvalue weighted by Gasteiger charge is -2.14. The van der Waals surface area contributed by atoms with Crippen molar-refractivity contribution in [1.29, 1.82) is 0 Å². The molecule has 152 valence electrons. The third kappa shape index (κ3) is 5.35. The fourth-order valence-electron chi connectivity index (χ4n) is 2.75. The Morgan fingerprint density at radius 3 is 2.62 bits per heavy atom. The second-order valence-corrected chi connectivity index (χ2v) is 7.42. The minimum atomic E-state index is -0.468. The van der Waals surface area contributed by atoms with Crippen LogP contribution in [-0.4, -0.2) is 26.4 Å². The third-order valence-corrected chi connectivity index (χ3v) is 5.38. The summed E-state index contributed by atoms with van der Waals surface area (Å²) in [5, 5.41) is 11.5. The van der Waals surface area contributed by atoms with E-state index < -0.39 is 5.82 Å². The molecule has 1 amide bonds. The Morgan fingerprint density at radius 2 is 1.93 bits per heavy atom. The van der Waals surface area contributed by atoms with Crippen LogP contribution in [0.25, 0.3) is 0 Å². The lowest BCUT2D eigenvalue weighted by atomic mass is 10.2. The Labute approximate surface area is 173 Å². The van der Waals surface area contributed by atoms with Crippen molar-refractivity contribution in [3.63, 3.8) is 0 Å². The summed E-state index contributed by atoms with van der Waals surface area (Å²) in [5.74, 6) is 0.723. The Morgan fingerprint density at radius 1 is 1.21 bits per heavy atom. The molecule has 1 heterocycles. The number of anilines is 1. The van der Waals surface area contributed by atoms with Crippen molar-refractivity contribution in [1.82, 2.24) is 14.8 Å². The molecule has 29 heavy (non-hydrogen) atoms. The number of nitrogens with one attached hydrogen (secondary N) is 1. The molecule has 0 fully saturated rings. The van der Waals surface area contributed by atoms with Crippen LogP contribution in [0.1, 0.15) is 31.3 Å². The van der Waals surface area contributed by atoms with E-state index in [1.54, 1.807) is 16.7 Å². The van der Waals surface area contributed by atoms with E-state index in [0.29, 0.717) is 11.0 Å². The van der Waals surface area contributed by atoms with Crippen LogP contribution < -0.4 is 10.1 Å². The van der Waals surface area contributed by atoms with Crippen molar-refractivity contribution in [3.05, 3.63) is 65.7 Å². The number of rotatable bonds is 8. The minimum absolute atomic E-state index is 0.0913. The maximum Gasteiger partial charge on any atom is 0.234 e. The van der Waals surface area contributed by atoms with Gasteiger partial charge in [-0.25, -0.2) is 4.39 Å². The van der Waals surface area contributed by atoms with Gasteiger partial charge in [0.2, 0.25) is 5.91 Å². The van der Waals surface area contributed by atoms with Gasteiger partial charge in [0.15, 0.2) is 17.1 Å². The highest BCUT2D eigenvalue weighted by Gasteiger charge is 2.18. The van der Waals surface area contributed by atoms with Gasteiger partial charge in [-0.15, -0.1) is 10.2 Å². The Kier molecular flexibility index (Phi) is 6.87. The topological polar surface area (TPSA) is 69.0 Å². The van der Waals surface area contributed by atoms with Crippen LogP contribution in [0, 0.1) is 5.82 Å². The number of hydrogen-bond donors (Lipinski definition) is 1. The van der Waals surface area contributed by atoms with Crippen molar-refractivity contribution < 1.29 is 13.9 Å². The highest BCUT2D eigenvalue weighted by Crippen LogP contribution is 2.24. The molecule has 1 aromatic heterocycles. The second-order valence-electron chi connectivity index (χ2n) is 6.47. The first-order valence-corrected chi connectivity index (χ1v) is 10.3. The molecule has 0 aliphatic rings. The number of amides is 1. The number of aromatic nitrogens is 3. The highest BCUT2D eigenvalue weighted by atomic mass is 32.2. The van der Waals surface area contributed by atoms with Crippen molar-refractivity contribution in [2.75, 3.05) is 11.1 Å². The number of benzene rings is 2. The molecule has 0 unspecified atom stereocenters. The molecular weight excluding hydrogens is 391 g/mol. The average molecular weight is 415 g/mol. The highest BCUT2D eigenvalue weighted by molar-refractivity contribution is 7.99. The van der Waals surface area contributed by atoms with E-state index in [4.69, 9.17) is 4.74 Å². The van der Waals surface area contributed by atoms with Gasteiger partial charge in [-0.3, -0.25) is 4.79 Å². The van der Waals surface area contributed by atoms with E-state index in [1.165, 1.54) is 29.5 Å². The van der Waals surface area contributed by atoms with Gasteiger partial charge in [0.25, 0.3) is 0 Å². The molecule has 0 aliphatic heterocycles. The van der Waals surface area contributed by atoms with Crippen LogP contribution in [0.3, 0.4) is 0 Å². The van der Waals surface area contributed by atoms with Crippen LogP contribution in [0.4, 0.5) is 10.1 Å². The largest absolute Gasteiger partial charge is 0.483 e. The first-order chi connectivity index (χ1) is 14.0. The molecule has 2 aromatic carbocycles. The van der Waals surface area contributed by atoms with E-state index in [1.807, 2.05) is 38.2 Å². The predicted molar refractivity (Wildman–Crippen MR) is 112 cm³/mol. The number of carbonyl (C=O) groups excluding carboxylic acids is 1. The van der Waals surface area contributed by atoms with Gasteiger partial charge in [-0.05, 0) is 43.2 Å². The summed E-state index contributed by atoms with van der Waals surface area (Å²) >= 11 is 1.23. The van der Waals surface area contributed by atoms with Crippen molar-refractivity contribution in [3.8, 4) is 5.75 Å². The smallest absolute Gasteiger partial charge is 0.234 e. The maximum atomic E-state index is 13.6. The first-order valence-electron chi connectivity index (χ1n) is 9.30. The van der Waals surface area contributed by atoms with Crippen molar-refractivity contribution >= 4 is 23.4 Å². The molecule has 0 aliphatic carbocycles. The van der Waals surface area contributed by atoms with Gasteiger partial charge >= 0.3 is 0 Å². The Bertz CT molecular complexity index is 975. The number of aryl methyl sites for hydroxylation is 1. The standard InChI is InChI=1S/C21H23FN4O2S/c1-4-15-9-11-16(12-10-15)28-14(2)20-24-25-21(26(20)3)29-13-19(27)23-18-8-6-5-7-17(18)22/h5-12,14H,4,13H2,1-3H3,(H,23,27)/t14-/m1/s1. The quantitative estimate of drug-likeness (QED) is 0.554. The van der Waals surface area contributed by atoms with Gasteiger partial charge in [-0.2, -0.15) is 0 Å². The lowest BCUT2D eigenvalue weighted by Crippen LogP contribution is -2.15. The van der Waals surface area contributed by atoms with Gasteiger partial charge in [0, 0.05) is 7.05 Å². The molecule has 0 saturated heterocycles. The zero-order valence-electron chi connectivity index (χ0n) is 16.6. The summed E-state index contributed by atoms with van der Waals surface area (Å²) in [6.07, 6.45) is 0.672. The number of carbonyl (C=O) groups is 1. The molecule has 0 radical (unpaired) electrons. The van der Waals surface area contributed by atoms with E-state index in [-0.39, 0.29) is 23.5 Å². The molecule has 1 N–H and O–H groups in total. The normalized spacial score (nSPS) is 11.9. The molecule has 8 heteroatoms. The molecule has 0 spiro atoms. The summed E-state index contributed by atoms with van der Waals surface area (Å²) in [4.78, 5) is 12.1. The molecular formula is C21H23FN4O2S. The second kappa shape index (κ2) is 9.56. The summed E-state index contributed by atoms with van der Waals surface area (Å²) in [5.41, 5.74) is 1.41. The first kappa shape index (κ1) is 20.9. The summed E-state index contributed by atoms with van der Waals surface area (Å²) < 4.78 is 21.4. The minimum Gasteiger partial charge on any atom is -0.483 e. The molecule has 3 rings (SSSR count). The third-order valence-electron chi connectivity index (χ3n) is 4.36. The number of halogens is 1. The summed E-state index contributed by atoms with van der Waals surface area (Å²) in [6, 6.07) is 14.0. The van der Waals surface area contributed by atoms with Crippen LogP contribution in [0.15, 0.2) is 53.7 Å². The number of nitrogens with zero attached hydrogens (tertiary/aromatic N) is 3. The molecule has 6 nitrogen and oxygen atoms in total. The Balaban J connectivity index is 1.58. The number of thioether (sulfide) groups is 1. The number of para-hydroxylation sites is 1. The van der Waals surface area contributed by atoms with E-state index >= 15 is 0 Å². The number of hydrogen-bond acceptors (Lipinski definition) is 5. The van der Waals surface area contributed by atoms with Crippen LogP contribution in [0.2, 0.25) is 0 Å². The SMILES string of the molecule is CCc1ccc(O[C@H](C)c2nnc(SCC(=O)Nc3ccccc3F)n2C)cc1. The van der Waals surface area contributed by atoms with E-state index in [2.05, 4.69) is 22.4 Å². The van der Waals surface area contributed by atoms with Gasteiger partial charge in [0.1, 0.15) is 11.6 Å². The summed E-state index contributed by atoms with van der Waals surface area (Å²) in [7, 11) is 1.83. The summed E-state index contributed by atoms with van der Waals surface area (Å²) in [6.45, 7) is 4.00. The van der Waals surface area contributed by atoms with Gasteiger partial charge in [0.05, 0.1) is 11.4 Å². The van der Waals surface area contributed by atoms with Crippen LogP contribution in [-0.2, 0) is 18.3 Å². The van der Waals surface area contributed by atoms with Crippen LogP contribution >= 0.6 is 11.8 Å². The molecule has 3 aromatic rings. The monoisotopic (exact) mass is 414 g/mol. The number of ether oxygens (including phenoxy) is 1. The molecule has 0 saturated carbocycles. The van der Waals surface area contributed by atoms with Crippen molar-refractivity contribution in [2.24, 2.45) is 7.05 Å².